The molecule has 1 heterocycles. The molecule has 0 spiro atoms. The van der Waals surface area contributed by atoms with E-state index in [-0.39, 0.29) is 17.3 Å². The van der Waals surface area contributed by atoms with Crippen LogP contribution in [0.5, 0.6) is 5.75 Å². The van der Waals surface area contributed by atoms with Crippen LogP contribution in [0.4, 0.5) is 0 Å². The molecule has 1 aromatic carbocycles. The number of ether oxygens (including phenoxy) is 1. The minimum Gasteiger partial charge on any atom is -0.485 e. The third-order valence-electron chi connectivity index (χ3n) is 2.49. The zero-order valence-electron chi connectivity index (χ0n) is 10.5. The summed E-state index contributed by atoms with van der Waals surface area (Å²) in [7, 11) is -3.22. The van der Waals surface area contributed by atoms with E-state index in [1.54, 1.807) is 6.07 Å². The monoisotopic (exact) mass is 374 g/mol. The van der Waals surface area contributed by atoms with Gasteiger partial charge in [0.15, 0.2) is 16.4 Å². The number of Topliss-reactive ketones (excluding diaryl/α,β-unsaturated/α-hetero) is 1. The predicted molar refractivity (Wildman–Crippen MR) is 81.4 cm³/mol. The van der Waals surface area contributed by atoms with Gasteiger partial charge in [-0.1, -0.05) is 0 Å². The fourth-order valence-corrected chi connectivity index (χ4v) is 3.64. The van der Waals surface area contributed by atoms with Crippen molar-refractivity contribution in [3.05, 3.63) is 45.1 Å². The van der Waals surface area contributed by atoms with E-state index in [9.17, 15) is 13.2 Å². The summed E-state index contributed by atoms with van der Waals surface area (Å²) in [4.78, 5) is 12.7. The van der Waals surface area contributed by atoms with Crippen LogP contribution in [-0.2, 0) is 9.84 Å². The van der Waals surface area contributed by atoms with Gasteiger partial charge in [-0.15, -0.1) is 11.3 Å². The van der Waals surface area contributed by atoms with Crippen LogP contribution in [0.25, 0.3) is 0 Å². The molecular formula is C13H11BrO4S2. The molecule has 0 radical (unpaired) electrons. The highest BCUT2D eigenvalue weighted by Gasteiger charge is 2.12. The second-order valence-corrected chi connectivity index (χ2v) is 7.84. The maximum Gasteiger partial charge on any atom is 0.211 e. The van der Waals surface area contributed by atoms with Gasteiger partial charge < -0.3 is 4.74 Å². The zero-order chi connectivity index (χ0) is 14.8. The molecule has 0 N–H and O–H groups in total. The number of benzene rings is 1. The van der Waals surface area contributed by atoms with Gasteiger partial charge in [0, 0.05) is 10.7 Å². The number of rotatable bonds is 5. The summed E-state index contributed by atoms with van der Waals surface area (Å²) < 4.78 is 28.7. The molecule has 0 aliphatic rings. The second kappa shape index (κ2) is 6.07. The first-order valence-corrected chi connectivity index (χ1v) is 9.13. The van der Waals surface area contributed by atoms with E-state index >= 15 is 0 Å². The van der Waals surface area contributed by atoms with Crippen molar-refractivity contribution in [1.82, 2.24) is 0 Å². The van der Waals surface area contributed by atoms with Gasteiger partial charge in [0.2, 0.25) is 5.78 Å². The predicted octanol–water partition coefficient (Wildman–Crippen LogP) is 3.18. The lowest BCUT2D eigenvalue weighted by Crippen LogP contribution is -2.10. The van der Waals surface area contributed by atoms with Crippen molar-refractivity contribution in [3.8, 4) is 5.75 Å². The lowest BCUT2D eigenvalue weighted by molar-refractivity contribution is 0.0925. The largest absolute Gasteiger partial charge is 0.485 e. The van der Waals surface area contributed by atoms with E-state index in [4.69, 9.17) is 4.74 Å². The average Bonchev–Trinajstić information content (AvgIpc) is 2.82. The van der Waals surface area contributed by atoms with E-state index in [0.717, 1.165) is 10.7 Å². The summed E-state index contributed by atoms with van der Waals surface area (Å²) >= 11 is 4.63. The fraction of sp³-hybridized carbons (Fsp3) is 0.154. The van der Waals surface area contributed by atoms with Crippen molar-refractivity contribution >= 4 is 42.9 Å². The van der Waals surface area contributed by atoms with Gasteiger partial charge in [0.1, 0.15) is 5.75 Å². The number of hydrogen-bond donors (Lipinski definition) is 0. The number of sulfone groups is 1. The van der Waals surface area contributed by atoms with Crippen LogP contribution in [0, 0.1) is 0 Å². The highest BCUT2D eigenvalue weighted by molar-refractivity contribution is 9.10. The maximum atomic E-state index is 11.9. The molecule has 0 fully saturated rings. The highest BCUT2D eigenvalue weighted by Crippen LogP contribution is 2.23. The third kappa shape index (κ3) is 3.68. The Bertz CT molecular complexity index is 717. The molecule has 0 aliphatic carbocycles. The van der Waals surface area contributed by atoms with Crippen LogP contribution in [0.1, 0.15) is 9.67 Å². The zero-order valence-corrected chi connectivity index (χ0v) is 13.7. The molecule has 0 saturated carbocycles. The first-order chi connectivity index (χ1) is 9.38. The molecule has 1 aromatic heterocycles. The number of hydrogen-bond acceptors (Lipinski definition) is 5. The molecule has 0 atom stereocenters. The number of thiophene rings is 1. The Balaban J connectivity index is 2.02. The van der Waals surface area contributed by atoms with Crippen LogP contribution < -0.4 is 4.74 Å². The van der Waals surface area contributed by atoms with Gasteiger partial charge in [-0.05, 0) is 51.6 Å². The Labute approximate surface area is 129 Å². The molecule has 0 bridgehead atoms. The molecule has 0 unspecified atom stereocenters. The Morgan fingerprint density at radius 2 is 1.90 bits per heavy atom. The van der Waals surface area contributed by atoms with Crippen molar-refractivity contribution < 1.29 is 17.9 Å². The summed E-state index contributed by atoms with van der Waals surface area (Å²) in [5, 5.41) is 1.82. The van der Waals surface area contributed by atoms with E-state index in [1.165, 1.54) is 35.6 Å². The Kier molecular flexibility index (Phi) is 4.62. The van der Waals surface area contributed by atoms with Gasteiger partial charge in [0.05, 0.1) is 9.77 Å². The second-order valence-electron chi connectivity index (χ2n) is 4.05. The van der Waals surface area contributed by atoms with Crippen LogP contribution in [0.3, 0.4) is 0 Å². The van der Waals surface area contributed by atoms with E-state index in [2.05, 4.69) is 15.9 Å². The van der Waals surface area contributed by atoms with Gasteiger partial charge >= 0.3 is 0 Å². The summed E-state index contributed by atoms with van der Waals surface area (Å²) in [5.74, 6) is 0.331. The molecule has 106 valence electrons. The summed E-state index contributed by atoms with van der Waals surface area (Å²) in [5.41, 5.74) is 0. The molecule has 0 aliphatic heterocycles. The fourth-order valence-electron chi connectivity index (χ4n) is 1.49. The maximum absolute atomic E-state index is 11.9. The molecule has 0 amide bonds. The first kappa shape index (κ1) is 15.2. The molecular weight excluding hydrogens is 364 g/mol. The number of carbonyl (C=O) groups is 1. The van der Waals surface area contributed by atoms with Crippen LogP contribution in [0.15, 0.2) is 45.1 Å². The SMILES string of the molecule is CS(=O)(=O)c1ccc(OCC(=O)c2sccc2Br)cc1. The van der Waals surface area contributed by atoms with Crippen molar-refractivity contribution in [1.29, 1.82) is 0 Å². The quantitative estimate of drug-likeness (QED) is 0.754. The van der Waals surface area contributed by atoms with Gasteiger partial charge in [-0.2, -0.15) is 0 Å². The van der Waals surface area contributed by atoms with Crippen molar-refractivity contribution in [2.75, 3.05) is 12.9 Å². The number of ketones is 1. The van der Waals surface area contributed by atoms with Crippen LogP contribution >= 0.6 is 27.3 Å². The molecule has 0 saturated heterocycles. The minimum absolute atomic E-state index is 0.0860. The Morgan fingerprint density at radius 3 is 2.40 bits per heavy atom. The molecule has 7 heteroatoms. The average molecular weight is 375 g/mol. The Morgan fingerprint density at radius 1 is 1.25 bits per heavy atom. The van der Waals surface area contributed by atoms with E-state index in [0.29, 0.717) is 10.6 Å². The van der Waals surface area contributed by atoms with Crippen molar-refractivity contribution in [2.24, 2.45) is 0 Å². The molecule has 20 heavy (non-hydrogen) atoms. The standard InChI is InChI=1S/C13H11BrO4S2/c1-20(16,17)10-4-2-9(3-5-10)18-8-12(15)13-11(14)6-7-19-13/h2-7H,8H2,1H3. The molecule has 2 aromatic rings. The van der Waals surface area contributed by atoms with Crippen LogP contribution in [0.2, 0.25) is 0 Å². The molecule has 2 rings (SSSR count). The van der Waals surface area contributed by atoms with Gasteiger partial charge in [-0.3, -0.25) is 4.79 Å². The van der Waals surface area contributed by atoms with E-state index < -0.39 is 9.84 Å². The minimum atomic E-state index is -3.22. The summed E-state index contributed by atoms with van der Waals surface area (Å²) in [6.45, 7) is -0.0860. The lowest BCUT2D eigenvalue weighted by Gasteiger charge is -2.05. The molecule has 4 nitrogen and oxygen atoms in total. The number of carbonyl (C=O) groups excluding carboxylic acids is 1. The smallest absolute Gasteiger partial charge is 0.211 e. The summed E-state index contributed by atoms with van der Waals surface area (Å²) in [6, 6.07) is 7.78. The summed E-state index contributed by atoms with van der Waals surface area (Å²) in [6.07, 6.45) is 1.14. The Hall–Kier alpha value is -1.18. The van der Waals surface area contributed by atoms with Crippen molar-refractivity contribution in [3.63, 3.8) is 0 Å². The normalized spacial score (nSPS) is 11.3. The number of halogens is 1. The van der Waals surface area contributed by atoms with Crippen LogP contribution in [-0.4, -0.2) is 27.1 Å². The van der Waals surface area contributed by atoms with Gasteiger partial charge in [0.25, 0.3) is 0 Å². The third-order valence-corrected chi connectivity index (χ3v) is 5.50. The lowest BCUT2D eigenvalue weighted by atomic mass is 10.3. The van der Waals surface area contributed by atoms with E-state index in [1.807, 2.05) is 5.38 Å². The van der Waals surface area contributed by atoms with Crippen molar-refractivity contribution in [2.45, 2.75) is 4.90 Å². The van der Waals surface area contributed by atoms with Gasteiger partial charge in [-0.25, -0.2) is 8.42 Å². The highest BCUT2D eigenvalue weighted by atomic mass is 79.9. The first-order valence-electron chi connectivity index (χ1n) is 5.57. The topological polar surface area (TPSA) is 60.4 Å².